The van der Waals surface area contributed by atoms with Crippen molar-refractivity contribution in [1.29, 1.82) is 0 Å². The Morgan fingerprint density at radius 3 is 2.75 bits per heavy atom. The van der Waals surface area contributed by atoms with Gasteiger partial charge in [-0.1, -0.05) is 0 Å². The lowest BCUT2D eigenvalue weighted by Gasteiger charge is -2.02. The zero-order valence-electron chi connectivity index (χ0n) is 6.34. The Morgan fingerprint density at radius 1 is 1.75 bits per heavy atom. The van der Waals surface area contributed by atoms with Crippen LogP contribution in [0.5, 0.6) is 0 Å². The van der Waals surface area contributed by atoms with Crippen LogP contribution < -0.4 is 5.73 Å². The van der Waals surface area contributed by atoms with Gasteiger partial charge in [0.05, 0.1) is 5.69 Å². The van der Waals surface area contributed by atoms with Crippen LogP contribution in [0, 0.1) is 10.6 Å². The largest absolute Gasteiger partial charge is 0.477 e. The van der Waals surface area contributed by atoms with E-state index in [1.165, 1.54) is 6.07 Å². The SMILES string of the molecule is Cc1cc(C(=O)O)nc(I)c1N. The molecule has 0 aliphatic rings. The van der Waals surface area contributed by atoms with Gasteiger partial charge in [-0.15, -0.1) is 0 Å². The number of nitrogens with two attached hydrogens (primary N) is 1. The molecule has 1 rings (SSSR count). The Bertz CT molecular complexity index is 315. The first-order valence-electron chi connectivity index (χ1n) is 3.18. The first kappa shape index (κ1) is 9.24. The van der Waals surface area contributed by atoms with E-state index in [4.69, 9.17) is 10.8 Å². The van der Waals surface area contributed by atoms with Gasteiger partial charge in [0.1, 0.15) is 9.39 Å². The minimum Gasteiger partial charge on any atom is -0.477 e. The zero-order chi connectivity index (χ0) is 9.30. The van der Waals surface area contributed by atoms with Gasteiger partial charge in [-0.2, -0.15) is 0 Å². The molecule has 0 spiro atoms. The van der Waals surface area contributed by atoms with E-state index in [0.717, 1.165) is 5.56 Å². The van der Waals surface area contributed by atoms with E-state index in [1.807, 2.05) is 22.6 Å². The third kappa shape index (κ3) is 1.66. The molecule has 12 heavy (non-hydrogen) atoms. The highest BCUT2D eigenvalue weighted by Gasteiger charge is 2.09. The number of aromatic nitrogens is 1. The van der Waals surface area contributed by atoms with Crippen LogP contribution in [0.1, 0.15) is 16.1 Å². The highest BCUT2D eigenvalue weighted by atomic mass is 127. The summed E-state index contributed by atoms with van der Waals surface area (Å²) in [4.78, 5) is 14.3. The summed E-state index contributed by atoms with van der Waals surface area (Å²) in [7, 11) is 0. The molecule has 3 N–H and O–H groups in total. The number of pyridine rings is 1. The fraction of sp³-hybridized carbons (Fsp3) is 0.143. The summed E-state index contributed by atoms with van der Waals surface area (Å²) < 4.78 is 0.532. The van der Waals surface area contributed by atoms with Crippen molar-refractivity contribution in [2.75, 3.05) is 5.73 Å². The number of nitrogen functional groups attached to an aromatic ring is 1. The monoisotopic (exact) mass is 278 g/mol. The molecule has 5 heteroatoms. The highest BCUT2D eigenvalue weighted by Crippen LogP contribution is 2.17. The number of carboxylic acid groups (broad SMARTS) is 1. The first-order chi connectivity index (χ1) is 5.52. The molecule has 0 saturated heterocycles. The maximum absolute atomic E-state index is 10.5. The molecule has 0 amide bonds. The van der Waals surface area contributed by atoms with E-state index in [-0.39, 0.29) is 5.69 Å². The van der Waals surface area contributed by atoms with Gasteiger partial charge < -0.3 is 10.8 Å². The number of aryl methyl sites for hydroxylation is 1. The Morgan fingerprint density at radius 2 is 2.33 bits per heavy atom. The Kier molecular flexibility index (Phi) is 2.51. The lowest BCUT2D eigenvalue weighted by Crippen LogP contribution is -2.05. The van der Waals surface area contributed by atoms with Gasteiger partial charge in [-0.25, -0.2) is 9.78 Å². The number of halogens is 1. The minimum atomic E-state index is -1.03. The van der Waals surface area contributed by atoms with Crippen molar-refractivity contribution in [2.24, 2.45) is 0 Å². The van der Waals surface area contributed by atoms with Crippen LogP contribution >= 0.6 is 22.6 Å². The lowest BCUT2D eigenvalue weighted by molar-refractivity contribution is 0.0690. The van der Waals surface area contributed by atoms with E-state index >= 15 is 0 Å². The maximum atomic E-state index is 10.5. The molecule has 0 aromatic carbocycles. The number of hydrogen-bond acceptors (Lipinski definition) is 3. The molecular formula is C7H7IN2O2. The molecule has 1 aromatic heterocycles. The summed E-state index contributed by atoms with van der Waals surface area (Å²) >= 11 is 1.91. The van der Waals surface area contributed by atoms with Crippen molar-refractivity contribution in [2.45, 2.75) is 6.92 Å². The predicted molar refractivity (Wildman–Crippen MR) is 53.1 cm³/mol. The average Bonchev–Trinajstić information content (AvgIpc) is 1.99. The molecular weight excluding hydrogens is 271 g/mol. The van der Waals surface area contributed by atoms with Crippen LogP contribution in [0.4, 0.5) is 5.69 Å². The van der Waals surface area contributed by atoms with Crippen LogP contribution in [-0.4, -0.2) is 16.1 Å². The number of rotatable bonds is 1. The van der Waals surface area contributed by atoms with Crippen LogP contribution in [0.25, 0.3) is 0 Å². The van der Waals surface area contributed by atoms with Gasteiger partial charge in [0, 0.05) is 0 Å². The Balaban J connectivity index is 3.31. The molecule has 0 aliphatic carbocycles. The van der Waals surface area contributed by atoms with E-state index in [2.05, 4.69) is 4.98 Å². The van der Waals surface area contributed by atoms with Gasteiger partial charge in [-0.05, 0) is 41.1 Å². The van der Waals surface area contributed by atoms with Crippen molar-refractivity contribution in [3.05, 3.63) is 21.0 Å². The normalized spacial score (nSPS) is 9.83. The molecule has 1 heterocycles. The molecule has 0 aliphatic heterocycles. The van der Waals surface area contributed by atoms with Crippen molar-refractivity contribution in [3.63, 3.8) is 0 Å². The highest BCUT2D eigenvalue weighted by molar-refractivity contribution is 14.1. The van der Waals surface area contributed by atoms with Gasteiger partial charge in [0.25, 0.3) is 0 Å². The number of carboxylic acids is 1. The summed E-state index contributed by atoms with van der Waals surface area (Å²) in [5.41, 5.74) is 6.91. The topological polar surface area (TPSA) is 76.2 Å². The van der Waals surface area contributed by atoms with E-state index in [9.17, 15) is 4.79 Å². The average molecular weight is 278 g/mol. The smallest absolute Gasteiger partial charge is 0.354 e. The van der Waals surface area contributed by atoms with Crippen molar-refractivity contribution < 1.29 is 9.90 Å². The summed E-state index contributed by atoms with van der Waals surface area (Å²) in [6.45, 7) is 1.76. The molecule has 0 atom stereocenters. The first-order valence-corrected chi connectivity index (χ1v) is 4.26. The van der Waals surface area contributed by atoms with E-state index in [0.29, 0.717) is 9.39 Å². The Hall–Kier alpha value is -0.850. The second-order valence-electron chi connectivity index (χ2n) is 2.33. The van der Waals surface area contributed by atoms with Crippen LogP contribution in [0.15, 0.2) is 6.07 Å². The second-order valence-corrected chi connectivity index (χ2v) is 3.36. The van der Waals surface area contributed by atoms with Gasteiger partial charge in [0.2, 0.25) is 0 Å². The molecule has 0 unspecified atom stereocenters. The second kappa shape index (κ2) is 3.26. The maximum Gasteiger partial charge on any atom is 0.354 e. The molecule has 0 fully saturated rings. The Labute approximate surface area is 82.9 Å². The summed E-state index contributed by atoms with van der Waals surface area (Å²) in [6, 6.07) is 1.46. The molecule has 0 bridgehead atoms. The third-order valence-corrected chi connectivity index (χ3v) is 2.26. The number of anilines is 1. The van der Waals surface area contributed by atoms with Gasteiger partial charge in [0.15, 0.2) is 0 Å². The third-order valence-electron chi connectivity index (χ3n) is 1.44. The van der Waals surface area contributed by atoms with Gasteiger partial charge >= 0.3 is 5.97 Å². The summed E-state index contributed by atoms with van der Waals surface area (Å²) in [6.07, 6.45) is 0. The quantitative estimate of drug-likeness (QED) is 0.599. The van der Waals surface area contributed by atoms with Gasteiger partial charge in [-0.3, -0.25) is 0 Å². The number of hydrogen-bond donors (Lipinski definition) is 2. The number of nitrogens with zero attached hydrogens (tertiary/aromatic N) is 1. The molecule has 0 saturated carbocycles. The molecule has 4 nitrogen and oxygen atoms in total. The van der Waals surface area contributed by atoms with Crippen molar-refractivity contribution in [1.82, 2.24) is 4.98 Å². The predicted octanol–water partition coefficient (Wildman–Crippen LogP) is 1.28. The summed E-state index contributed by atoms with van der Waals surface area (Å²) in [5.74, 6) is -1.03. The zero-order valence-corrected chi connectivity index (χ0v) is 8.49. The number of carbonyl (C=O) groups is 1. The summed E-state index contributed by atoms with van der Waals surface area (Å²) in [5, 5.41) is 8.62. The van der Waals surface area contributed by atoms with Crippen molar-refractivity contribution in [3.8, 4) is 0 Å². The van der Waals surface area contributed by atoms with Crippen LogP contribution in [0.3, 0.4) is 0 Å². The molecule has 0 radical (unpaired) electrons. The molecule has 64 valence electrons. The molecule has 1 aromatic rings. The van der Waals surface area contributed by atoms with E-state index in [1.54, 1.807) is 6.92 Å². The lowest BCUT2D eigenvalue weighted by atomic mass is 10.2. The van der Waals surface area contributed by atoms with Crippen LogP contribution in [-0.2, 0) is 0 Å². The number of aromatic carboxylic acids is 1. The minimum absolute atomic E-state index is 0.0334. The van der Waals surface area contributed by atoms with Crippen molar-refractivity contribution >= 4 is 34.2 Å². The standard InChI is InChI=1S/C7H7IN2O2/c1-3-2-4(7(11)12)10-6(8)5(3)9/h2H,9H2,1H3,(H,11,12). The van der Waals surface area contributed by atoms with E-state index < -0.39 is 5.97 Å². The van der Waals surface area contributed by atoms with Crippen LogP contribution in [0.2, 0.25) is 0 Å². The fourth-order valence-electron chi connectivity index (χ4n) is 0.753. The fourth-order valence-corrected chi connectivity index (χ4v) is 1.44.